The molecule has 14 heavy (non-hydrogen) atoms. The molecule has 5 heteroatoms. The predicted molar refractivity (Wildman–Crippen MR) is 58.9 cm³/mol. The molecule has 0 saturated heterocycles. The summed E-state index contributed by atoms with van der Waals surface area (Å²) in [5.41, 5.74) is 6.31. The van der Waals surface area contributed by atoms with Crippen molar-refractivity contribution in [3.63, 3.8) is 0 Å². The van der Waals surface area contributed by atoms with Crippen LogP contribution in [0.15, 0.2) is 28.7 Å². The van der Waals surface area contributed by atoms with E-state index >= 15 is 0 Å². The molecule has 0 aromatic heterocycles. The van der Waals surface area contributed by atoms with E-state index in [1.807, 2.05) is 6.07 Å². The zero-order chi connectivity index (χ0) is 9.84. The molecule has 0 spiro atoms. The normalized spacial score (nSPS) is 12.4. The number of hydrogen-bond acceptors (Lipinski definition) is 1. The van der Waals surface area contributed by atoms with Gasteiger partial charge in [-0.1, -0.05) is 34.1 Å². The topological polar surface area (TPSA) is 26.0 Å². The largest absolute Gasteiger partial charge is 0.324 e. The van der Waals surface area contributed by atoms with Gasteiger partial charge in [-0.15, -0.1) is 12.4 Å². The van der Waals surface area contributed by atoms with Gasteiger partial charge in [0.15, 0.2) is 0 Å². The summed E-state index contributed by atoms with van der Waals surface area (Å²) in [7, 11) is 0. The van der Waals surface area contributed by atoms with Crippen molar-refractivity contribution in [2.45, 2.75) is 18.9 Å². The lowest BCUT2D eigenvalue weighted by molar-refractivity contribution is 0.128. The third kappa shape index (κ3) is 3.90. The van der Waals surface area contributed by atoms with Crippen LogP contribution >= 0.6 is 28.3 Å². The second kappa shape index (κ2) is 6.32. The zero-order valence-corrected chi connectivity index (χ0v) is 9.69. The third-order valence-corrected chi connectivity index (χ3v) is 2.46. The average Bonchev–Trinajstić information content (AvgIpc) is 2.03. The fraction of sp³-hybridized carbons (Fsp3) is 0.333. The summed E-state index contributed by atoms with van der Waals surface area (Å²) in [6, 6.07) is 6.54. The van der Waals surface area contributed by atoms with Crippen LogP contribution in [-0.2, 0) is 0 Å². The molecule has 1 atom stereocenters. The van der Waals surface area contributed by atoms with Crippen LogP contribution in [-0.4, -0.2) is 6.43 Å². The van der Waals surface area contributed by atoms with Crippen LogP contribution in [0.25, 0.3) is 0 Å². The Kier molecular flexibility index (Phi) is 6.24. The lowest BCUT2D eigenvalue weighted by Crippen LogP contribution is -2.14. The summed E-state index contributed by atoms with van der Waals surface area (Å²) in [5, 5.41) is 0. The maximum absolute atomic E-state index is 12.0. The molecule has 0 radical (unpaired) electrons. The van der Waals surface area contributed by atoms with E-state index in [-0.39, 0.29) is 18.8 Å². The van der Waals surface area contributed by atoms with Crippen LogP contribution in [0.5, 0.6) is 0 Å². The fourth-order valence-electron chi connectivity index (χ4n) is 1.09. The van der Waals surface area contributed by atoms with Crippen LogP contribution in [0.4, 0.5) is 8.78 Å². The molecule has 0 saturated carbocycles. The molecule has 0 aliphatic carbocycles. The molecule has 0 aliphatic heterocycles. The van der Waals surface area contributed by atoms with Crippen molar-refractivity contribution in [2.24, 2.45) is 5.73 Å². The summed E-state index contributed by atoms with van der Waals surface area (Å²) < 4.78 is 24.8. The first kappa shape index (κ1) is 13.8. The van der Waals surface area contributed by atoms with Crippen LogP contribution < -0.4 is 5.73 Å². The van der Waals surface area contributed by atoms with Gasteiger partial charge in [-0.05, 0) is 11.6 Å². The Morgan fingerprint density at radius 2 is 1.86 bits per heavy atom. The van der Waals surface area contributed by atoms with Gasteiger partial charge in [0.1, 0.15) is 0 Å². The number of alkyl halides is 2. The van der Waals surface area contributed by atoms with Gasteiger partial charge in [-0.3, -0.25) is 0 Å². The Morgan fingerprint density at radius 3 is 2.36 bits per heavy atom. The molecule has 1 rings (SSSR count). The highest BCUT2D eigenvalue weighted by Crippen LogP contribution is 2.25. The van der Waals surface area contributed by atoms with E-state index in [1.54, 1.807) is 18.2 Å². The van der Waals surface area contributed by atoms with Crippen molar-refractivity contribution in [1.29, 1.82) is 0 Å². The van der Waals surface area contributed by atoms with Crippen molar-refractivity contribution in [2.75, 3.05) is 0 Å². The van der Waals surface area contributed by atoms with Gasteiger partial charge in [-0.25, -0.2) is 8.78 Å². The standard InChI is InChI=1S/C9H10BrF2N.ClH/c10-7-4-2-1-3-6(7)8(13)5-9(11)12;/h1-4,8-9H,5,13H2;1H/t8-;/m0./s1. The molecular formula is C9H11BrClF2N. The number of benzene rings is 1. The van der Waals surface area contributed by atoms with Gasteiger partial charge in [0.2, 0.25) is 6.43 Å². The second-order valence-electron chi connectivity index (χ2n) is 2.75. The zero-order valence-electron chi connectivity index (χ0n) is 7.29. The van der Waals surface area contributed by atoms with Crippen molar-refractivity contribution in [3.05, 3.63) is 34.3 Å². The number of halogens is 4. The van der Waals surface area contributed by atoms with E-state index in [4.69, 9.17) is 5.73 Å². The Hall–Kier alpha value is -0.190. The molecule has 0 heterocycles. The first-order chi connectivity index (χ1) is 6.11. The van der Waals surface area contributed by atoms with Crippen molar-refractivity contribution >= 4 is 28.3 Å². The van der Waals surface area contributed by atoms with E-state index in [1.165, 1.54) is 0 Å². The highest BCUT2D eigenvalue weighted by molar-refractivity contribution is 9.10. The molecule has 0 bridgehead atoms. The maximum Gasteiger partial charge on any atom is 0.240 e. The van der Waals surface area contributed by atoms with Crippen LogP contribution in [0.3, 0.4) is 0 Å². The predicted octanol–water partition coefficient (Wildman–Crippen LogP) is 3.53. The maximum atomic E-state index is 12.0. The smallest absolute Gasteiger partial charge is 0.240 e. The molecular weight excluding hydrogens is 275 g/mol. The molecule has 1 aromatic rings. The first-order valence-electron chi connectivity index (χ1n) is 3.89. The van der Waals surface area contributed by atoms with E-state index in [9.17, 15) is 8.78 Å². The van der Waals surface area contributed by atoms with Gasteiger partial charge >= 0.3 is 0 Å². The first-order valence-corrected chi connectivity index (χ1v) is 4.68. The Morgan fingerprint density at radius 1 is 1.29 bits per heavy atom. The SMILES string of the molecule is Cl.N[C@@H](CC(F)F)c1ccccc1Br. The van der Waals surface area contributed by atoms with Crippen LogP contribution in [0.1, 0.15) is 18.0 Å². The summed E-state index contributed by atoms with van der Waals surface area (Å²) in [6.45, 7) is 0. The van der Waals surface area contributed by atoms with Crippen molar-refractivity contribution in [3.8, 4) is 0 Å². The van der Waals surface area contributed by atoms with Gasteiger partial charge < -0.3 is 5.73 Å². The molecule has 80 valence electrons. The van der Waals surface area contributed by atoms with Crippen LogP contribution in [0.2, 0.25) is 0 Å². The average molecular weight is 287 g/mol. The molecule has 1 aromatic carbocycles. The highest BCUT2D eigenvalue weighted by atomic mass is 79.9. The van der Waals surface area contributed by atoms with Gasteiger partial charge in [0, 0.05) is 16.9 Å². The molecule has 0 unspecified atom stereocenters. The highest BCUT2D eigenvalue weighted by Gasteiger charge is 2.14. The number of hydrogen-bond donors (Lipinski definition) is 1. The van der Waals surface area contributed by atoms with E-state index in [2.05, 4.69) is 15.9 Å². The lowest BCUT2D eigenvalue weighted by Gasteiger charge is -2.12. The second-order valence-corrected chi connectivity index (χ2v) is 3.61. The molecule has 0 aliphatic rings. The monoisotopic (exact) mass is 285 g/mol. The summed E-state index contributed by atoms with van der Waals surface area (Å²) in [4.78, 5) is 0. The van der Waals surface area contributed by atoms with E-state index < -0.39 is 12.5 Å². The Labute approximate surface area is 96.2 Å². The Balaban J connectivity index is 0.00000169. The summed E-state index contributed by atoms with van der Waals surface area (Å²) in [6.07, 6.45) is -2.66. The van der Waals surface area contributed by atoms with Gasteiger partial charge in [-0.2, -0.15) is 0 Å². The molecule has 0 fully saturated rings. The number of nitrogens with two attached hydrogens (primary N) is 1. The summed E-state index contributed by atoms with van der Waals surface area (Å²) >= 11 is 3.26. The molecule has 1 nitrogen and oxygen atoms in total. The lowest BCUT2D eigenvalue weighted by atomic mass is 10.1. The minimum absolute atomic E-state index is 0. The van der Waals surface area contributed by atoms with Gasteiger partial charge in [0.25, 0.3) is 0 Å². The Bertz CT molecular complexity index is 283. The van der Waals surface area contributed by atoms with E-state index in [0.29, 0.717) is 0 Å². The molecule has 0 amide bonds. The third-order valence-electron chi connectivity index (χ3n) is 1.74. The van der Waals surface area contributed by atoms with Crippen molar-refractivity contribution in [1.82, 2.24) is 0 Å². The van der Waals surface area contributed by atoms with Crippen LogP contribution in [0, 0.1) is 0 Å². The minimum Gasteiger partial charge on any atom is -0.324 e. The minimum atomic E-state index is -2.36. The summed E-state index contributed by atoms with van der Waals surface area (Å²) in [5.74, 6) is 0. The van der Waals surface area contributed by atoms with E-state index in [0.717, 1.165) is 10.0 Å². The number of rotatable bonds is 3. The van der Waals surface area contributed by atoms with Crippen molar-refractivity contribution < 1.29 is 8.78 Å². The van der Waals surface area contributed by atoms with Gasteiger partial charge in [0.05, 0.1) is 0 Å². The molecule has 2 N–H and O–H groups in total. The fourth-order valence-corrected chi connectivity index (χ4v) is 1.67. The quantitative estimate of drug-likeness (QED) is 0.904.